The van der Waals surface area contributed by atoms with Crippen LogP contribution in [-0.4, -0.2) is 155 Å². The van der Waals surface area contributed by atoms with Gasteiger partial charge in [0.25, 0.3) is 0 Å². The molecule has 4 heterocycles. The number of nitrogens with zero attached hydrogens (tertiary/aromatic N) is 3. The van der Waals surface area contributed by atoms with Crippen LogP contribution in [0.4, 0.5) is 0 Å². The maximum Gasteiger partial charge on any atom is 0.311 e. The zero-order valence-corrected chi connectivity index (χ0v) is 37.6. The van der Waals surface area contributed by atoms with Gasteiger partial charge in [-0.15, -0.1) is 0 Å². The van der Waals surface area contributed by atoms with E-state index in [9.17, 15) is 20.1 Å². The number of halogens is 2. The molecule has 4 aliphatic rings. The Bertz CT molecular complexity index is 1500. The molecule has 5 rings (SSSR count). The summed E-state index contributed by atoms with van der Waals surface area (Å²) in [7, 11) is 5.84. The number of likely N-dealkylation sites (tertiary alicyclic amines) is 1. The number of piperidine rings is 1. The van der Waals surface area contributed by atoms with Gasteiger partial charge >= 0.3 is 5.97 Å². The highest BCUT2D eigenvalue weighted by atomic mass is 35.5. The summed E-state index contributed by atoms with van der Waals surface area (Å²) in [5.41, 5.74) is -1.59. The lowest BCUT2D eigenvalue weighted by molar-refractivity contribution is -0.332. The Labute approximate surface area is 351 Å². The van der Waals surface area contributed by atoms with E-state index in [0.717, 1.165) is 18.5 Å². The highest BCUT2D eigenvalue weighted by Crippen LogP contribution is 2.48. The van der Waals surface area contributed by atoms with Crippen LogP contribution in [0.1, 0.15) is 93.1 Å². The Morgan fingerprint density at radius 3 is 2.32 bits per heavy atom. The Kier molecular flexibility index (Phi) is 15.5. The van der Waals surface area contributed by atoms with E-state index in [4.69, 9.17) is 46.9 Å². The molecule has 1 spiro atoms. The summed E-state index contributed by atoms with van der Waals surface area (Å²) < 4.78 is 34.3. The van der Waals surface area contributed by atoms with Crippen LogP contribution in [0.25, 0.3) is 0 Å². The summed E-state index contributed by atoms with van der Waals surface area (Å²) in [6.07, 6.45) is -2.25. The lowest BCUT2D eigenvalue weighted by Gasteiger charge is -2.49. The topological polar surface area (TPSA) is 134 Å². The molecular formula is C43H71Cl2N3O9. The average Bonchev–Trinajstić information content (AvgIpc) is 3.22. The number of aliphatic hydroxyl groups is 3. The summed E-state index contributed by atoms with van der Waals surface area (Å²) in [6.45, 7) is 18.1. The van der Waals surface area contributed by atoms with E-state index in [0.29, 0.717) is 61.8 Å². The number of rotatable bonds is 7. The fraction of sp³-hybridized carbons (Fsp3) is 0.837. The molecular weight excluding hydrogens is 773 g/mol. The summed E-state index contributed by atoms with van der Waals surface area (Å²) >= 11 is 12.5. The smallest absolute Gasteiger partial charge is 0.311 e. The first-order chi connectivity index (χ1) is 26.6. The normalized spacial score (nSPS) is 41.7. The van der Waals surface area contributed by atoms with E-state index in [1.807, 2.05) is 76.8 Å². The number of fused-ring (bicyclic) bond motifs is 3. The predicted octanol–water partition coefficient (Wildman–Crippen LogP) is 5.38. The van der Waals surface area contributed by atoms with Gasteiger partial charge in [0.05, 0.1) is 39.9 Å². The summed E-state index contributed by atoms with van der Waals surface area (Å²) in [5.74, 6) is -2.83. The zero-order chi connectivity index (χ0) is 42.2. The van der Waals surface area contributed by atoms with E-state index in [1.54, 1.807) is 13.8 Å². The number of benzene rings is 1. The van der Waals surface area contributed by atoms with E-state index >= 15 is 0 Å². The number of hydrogen-bond acceptors (Lipinski definition) is 12. The number of esters is 1. The number of likely N-dealkylation sites (N-methyl/N-ethyl adjacent to an activating group) is 2. The third kappa shape index (κ3) is 10.5. The van der Waals surface area contributed by atoms with Crippen LogP contribution < -0.4 is 0 Å². The first kappa shape index (κ1) is 46.9. The molecule has 12 nitrogen and oxygen atoms in total. The standard InChI is InChI=1S/C43H71Cl2N3O9/c1-12-34-42(8,52)37(50)29(6)47(11)24-25(2)23-41(7)38(55-40-35(49)33(46(9)10)21-26(3)53-40)27(4)36(28(5)39(51)54-34)56-43(57-41)16-19-48(20-17-43)18-15-30-13-14-31(44)32(45)22-30/h13-14,22,25-29,33-38,40,49-50,52H,12,15-21,23-24H2,1-11H3/t25-,26-,27+,28-,29-,33+,34-,35-,36+,37-,38-,40+,41-,42-/m1/s1. The maximum absolute atomic E-state index is 14.4. The fourth-order valence-corrected chi connectivity index (χ4v) is 10.3. The monoisotopic (exact) mass is 843 g/mol. The quantitative estimate of drug-likeness (QED) is 0.305. The van der Waals surface area contributed by atoms with Gasteiger partial charge in [0.15, 0.2) is 12.1 Å². The molecule has 0 aromatic heterocycles. The van der Waals surface area contributed by atoms with Gasteiger partial charge in [-0.2, -0.15) is 0 Å². The molecule has 57 heavy (non-hydrogen) atoms. The predicted molar refractivity (Wildman–Crippen MR) is 221 cm³/mol. The fourth-order valence-electron chi connectivity index (χ4n) is 10.0. The molecule has 4 saturated heterocycles. The average molecular weight is 845 g/mol. The summed E-state index contributed by atoms with van der Waals surface area (Å²) in [4.78, 5) is 20.8. The van der Waals surface area contributed by atoms with Gasteiger partial charge in [-0.25, -0.2) is 0 Å². The molecule has 0 aliphatic carbocycles. The van der Waals surface area contributed by atoms with Crippen molar-refractivity contribution in [2.45, 2.75) is 166 Å². The van der Waals surface area contributed by atoms with Crippen molar-refractivity contribution in [1.29, 1.82) is 0 Å². The number of cyclic esters (lactones) is 1. The van der Waals surface area contributed by atoms with E-state index in [1.165, 1.54) is 0 Å². The van der Waals surface area contributed by atoms with E-state index < -0.39 is 77.6 Å². The first-order valence-corrected chi connectivity index (χ1v) is 21.9. The third-order valence-electron chi connectivity index (χ3n) is 13.5. The zero-order valence-electron chi connectivity index (χ0n) is 36.1. The molecule has 2 bridgehead atoms. The van der Waals surface area contributed by atoms with Crippen LogP contribution in [0.15, 0.2) is 18.2 Å². The van der Waals surface area contributed by atoms with Crippen LogP contribution in [0.3, 0.4) is 0 Å². The van der Waals surface area contributed by atoms with Crippen molar-refractivity contribution in [1.82, 2.24) is 14.7 Å². The Balaban J connectivity index is 1.54. The van der Waals surface area contributed by atoms with Gasteiger partial charge in [-0.05, 0) is 105 Å². The lowest BCUT2D eigenvalue weighted by atomic mass is 9.78. The molecule has 14 atom stereocenters. The largest absolute Gasteiger partial charge is 0.459 e. The second-order valence-electron chi connectivity index (χ2n) is 18.5. The first-order valence-electron chi connectivity index (χ1n) is 21.1. The number of aliphatic hydroxyl groups excluding tert-OH is 2. The lowest BCUT2D eigenvalue weighted by Crippen LogP contribution is -2.60. The molecule has 0 unspecified atom stereocenters. The number of ether oxygens (including phenoxy) is 5. The van der Waals surface area contributed by atoms with E-state index in [2.05, 4.69) is 18.7 Å². The highest BCUT2D eigenvalue weighted by molar-refractivity contribution is 6.42. The van der Waals surface area contributed by atoms with Crippen molar-refractivity contribution in [2.75, 3.05) is 47.3 Å². The van der Waals surface area contributed by atoms with Crippen molar-refractivity contribution >= 4 is 29.2 Å². The van der Waals surface area contributed by atoms with Crippen molar-refractivity contribution in [3.63, 3.8) is 0 Å². The minimum Gasteiger partial charge on any atom is -0.459 e. The van der Waals surface area contributed by atoms with Crippen LogP contribution in [0.5, 0.6) is 0 Å². The Morgan fingerprint density at radius 2 is 1.70 bits per heavy atom. The van der Waals surface area contributed by atoms with Crippen LogP contribution in [0, 0.1) is 17.8 Å². The maximum atomic E-state index is 14.4. The second kappa shape index (κ2) is 18.9. The molecule has 14 heteroatoms. The van der Waals surface area contributed by atoms with Gasteiger partial charge < -0.3 is 53.7 Å². The summed E-state index contributed by atoms with van der Waals surface area (Å²) in [5, 5.41) is 36.2. The van der Waals surface area contributed by atoms with Crippen molar-refractivity contribution in [3.05, 3.63) is 33.8 Å². The molecule has 0 radical (unpaired) electrons. The number of hydrogen-bond donors (Lipinski definition) is 3. The third-order valence-corrected chi connectivity index (χ3v) is 14.2. The number of carbonyl (C=O) groups is 1. The molecule has 0 saturated carbocycles. The van der Waals surface area contributed by atoms with E-state index in [-0.39, 0.29) is 18.1 Å². The molecule has 1 aromatic rings. The van der Waals surface area contributed by atoms with Crippen LogP contribution in [0.2, 0.25) is 10.0 Å². The van der Waals surface area contributed by atoms with Crippen LogP contribution >= 0.6 is 23.2 Å². The summed E-state index contributed by atoms with van der Waals surface area (Å²) in [6, 6.07) is 5.10. The number of carbonyl (C=O) groups excluding carboxylic acids is 1. The molecule has 0 amide bonds. The second-order valence-corrected chi connectivity index (χ2v) is 19.3. The Morgan fingerprint density at radius 1 is 1.04 bits per heavy atom. The minimum atomic E-state index is -1.72. The van der Waals surface area contributed by atoms with Gasteiger partial charge in [0, 0.05) is 57.0 Å². The minimum absolute atomic E-state index is 0.0193. The van der Waals surface area contributed by atoms with Crippen LogP contribution in [-0.2, 0) is 34.9 Å². The van der Waals surface area contributed by atoms with Gasteiger partial charge in [0.2, 0.25) is 0 Å². The molecule has 326 valence electrons. The van der Waals surface area contributed by atoms with Gasteiger partial charge in [-0.3, -0.25) is 4.79 Å². The molecule has 4 fully saturated rings. The Hall–Kier alpha value is -1.13. The van der Waals surface area contributed by atoms with Crippen molar-refractivity contribution in [2.24, 2.45) is 17.8 Å². The van der Waals surface area contributed by atoms with Gasteiger partial charge in [-0.1, -0.05) is 50.0 Å². The highest BCUT2D eigenvalue weighted by Gasteiger charge is 2.58. The van der Waals surface area contributed by atoms with Gasteiger partial charge in [0.1, 0.15) is 23.9 Å². The van der Waals surface area contributed by atoms with Crippen molar-refractivity contribution in [3.8, 4) is 0 Å². The SMILES string of the molecule is CC[C@H]1OC(=O)[C@H](C)[C@H]2OC3(CCN(CCc4ccc(Cl)c(Cl)c4)CC3)O[C@](C)(C[C@@H](C)CN(C)[C@H](C)[C@@H](O)[C@]1(C)O)[C@H](O[C@@H]1O[C@H](C)C[C@H](N(C)C)[C@H]1O)[C@H]2C. The molecule has 3 N–H and O–H groups in total. The van der Waals surface area contributed by atoms with Crippen molar-refractivity contribution < 1.29 is 43.8 Å². The molecule has 1 aromatic carbocycles. The molecule has 4 aliphatic heterocycles.